The van der Waals surface area contributed by atoms with E-state index in [1.807, 2.05) is 30.5 Å². The van der Waals surface area contributed by atoms with Gasteiger partial charge in [-0.05, 0) is 41.0 Å². The summed E-state index contributed by atoms with van der Waals surface area (Å²) in [6.07, 6.45) is 1.85. The average molecular weight is 333 g/mol. The minimum atomic E-state index is 0.667. The summed E-state index contributed by atoms with van der Waals surface area (Å²) >= 11 is 6.13. The van der Waals surface area contributed by atoms with E-state index in [4.69, 9.17) is 11.6 Å². The van der Waals surface area contributed by atoms with Gasteiger partial charge in [0, 0.05) is 25.0 Å². The van der Waals surface area contributed by atoms with Crippen LogP contribution in [0, 0.1) is 0 Å². The molecule has 24 heavy (non-hydrogen) atoms. The van der Waals surface area contributed by atoms with E-state index in [1.54, 1.807) is 0 Å². The first-order chi connectivity index (χ1) is 11.8. The summed E-state index contributed by atoms with van der Waals surface area (Å²) < 4.78 is 0. The van der Waals surface area contributed by atoms with Gasteiger partial charge < -0.3 is 4.90 Å². The monoisotopic (exact) mass is 332 g/mol. The van der Waals surface area contributed by atoms with Gasteiger partial charge in [0.15, 0.2) is 0 Å². The van der Waals surface area contributed by atoms with Crippen molar-refractivity contribution in [2.24, 2.45) is 4.99 Å². The number of hydrogen-bond acceptors (Lipinski definition) is 2. The van der Waals surface area contributed by atoms with Crippen LogP contribution in [0.15, 0.2) is 77.8 Å². The molecule has 0 atom stereocenters. The molecule has 0 aromatic heterocycles. The molecule has 0 N–H and O–H groups in total. The quantitative estimate of drug-likeness (QED) is 0.569. The summed E-state index contributed by atoms with van der Waals surface area (Å²) in [4.78, 5) is 6.85. The first-order valence-corrected chi connectivity index (χ1v) is 8.38. The lowest BCUT2D eigenvalue weighted by Crippen LogP contribution is -2.14. The molecule has 0 saturated heterocycles. The number of fused-ring (bicyclic) bond motifs is 1. The predicted molar refractivity (Wildman–Crippen MR) is 101 cm³/mol. The van der Waals surface area contributed by atoms with Crippen molar-refractivity contribution >= 4 is 29.2 Å². The molecular formula is C21H17ClN2. The molecule has 0 radical (unpaired) electrons. The fourth-order valence-electron chi connectivity index (χ4n) is 2.99. The first kappa shape index (κ1) is 15.0. The van der Waals surface area contributed by atoms with Gasteiger partial charge in [-0.1, -0.05) is 60.1 Å². The van der Waals surface area contributed by atoms with Crippen LogP contribution < -0.4 is 4.90 Å². The van der Waals surface area contributed by atoms with Crippen molar-refractivity contribution in [1.82, 2.24) is 0 Å². The molecule has 118 valence electrons. The molecule has 1 aliphatic rings. The van der Waals surface area contributed by atoms with Gasteiger partial charge in [-0.2, -0.15) is 0 Å². The van der Waals surface area contributed by atoms with E-state index in [0.717, 1.165) is 24.3 Å². The molecule has 0 saturated carbocycles. The van der Waals surface area contributed by atoms with Crippen LogP contribution >= 0.6 is 11.6 Å². The van der Waals surface area contributed by atoms with E-state index in [0.29, 0.717) is 5.02 Å². The SMILES string of the molecule is Clc1ccccc1N=Cc1ccc(N2Cc3ccccc3C2)cc1. The highest BCUT2D eigenvalue weighted by Crippen LogP contribution is 2.28. The van der Waals surface area contributed by atoms with Crippen molar-refractivity contribution < 1.29 is 0 Å². The molecule has 0 unspecified atom stereocenters. The summed E-state index contributed by atoms with van der Waals surface area (Å²) in [5.74, 6) is 0. The van der Waals surface area contributed by atoms with Gasteiger partial charge in [0.05, 0.1) is 10.7 Å². The van der Waals surface area contributed by atoms with Crippen LogP contribution in [0.5, 0.6) is 0 Å². The molecular weight excluding hydrogens is 316 g/mol. The van der Waals surface area contributed by atoms with Crippen molar-refractivity contribution in [3.63, 3.8) is 0 Å². The first-order valence-electron chi connectivity index (χ1n) is 8.00. The van der Waals surface area contributed by atoms with Gasteiger partial charge in [-0.25, -0.2) is 0 Å². The van der Waals surface area contributed by atoms with E-state index in [-0.39, 0.29) is 0 Å². The van der Waals surface area contributed by atoms with Gasteiger partial charge in [0.1, 0.15) is 0 Å². The van der Waals surface area contributed by atoms with E-state index in [2.05, 4.69) is 58.4 Å². The zero-order valence-corrected chi connectivity index (χ0v) is 13.9. The Balaban J connectivity index is 1.49. The van der Waals surface area contributed by atoms with E-state index in [9.17, 15) is 0 Å². The topological polar surface area (TPSA) is 15.6 Å². The van der Waals surface area contributed by atoms with Crippen LogP contribution in [-0.4, -0.2) is 6.21 Å². The number of para-hydroxylation sites is 1. The zero-order valence-electron chi connectivity index (χ0n) is 13.2. The Morgan fingerprint density at radius 3 is 2.08 bits per heavy atom. The molecule has 0 fully saturated rings. The number of aliphatic imine (C=N–C) groups is 1. The van der Waals surface area contributed by atoms with E-state index in [1.165, 1.54) is 16.8 Å². The third-order valence-corrected chi connectivity index (χ3v) is 4.62. The second-order valence-electron chi connectivity index (χ2n) is 5.93. The van der Waals surface area contributed by atoms with Crippen molar-refractivity contribution in [2.45, 2.75) is 13.1 Å². The maximum Gasteiger partial charge on any atom is 0.0816 e. The molecule has 3 aromatic carbocycles. The number of rotatable bonds is 3. The maximum absolute atomic E-state index is 6.13. The highest BCUT2D eigenvalue weighted by atomic mass is 35.5. The Bertz CT molecular complexity index is 859. The highest BCUT2D eigenvalue weighted by molar-refractivity contribution is 6.33. The summed E-state index contributed by atoms with van der Waals surface area (Å²) in [7, 11) is 0. The molecule has 3 heteroatoms. The summed E-state index contributed by atoms with van der Waals surface area (Å²) in [6.45, 7) is 1.95. The largest absolute Gasteiger partial charge is 0.363 e. The van der Waals surface area contributed by atoms with Gasteiger partial charge in [-0.15, -0.1) is 0 Å². The lowest BCUT2D eigenvalue weighted by atomic mass is 10.1. The fourth-order valence-corrected chi connectivity index (χ4v) is 3.17. The van der Waals surface area contributed by atoms with Crippen LogP contribution in [0.4, 0.5) is 11.4 Å². The number of nitrogens with zero attached hydrogens (tertiary/aromatic N) is 2. The Hall–Kier alpha value is -2.58. The Kier molecular flexibility index (Phi) is 4.06. The van der Waals surface area contributed by atoms with Gasteiger partial charge in [0.25, 0.3) is 0 Å². The van der Waals surface area contributed by atoms with Crippen molar-refractivity contribution in [2.75, 3.05) is 4.90 Å². The summed E-state index contributed by atoms with van der Waals surface area (Å²) in [5.41, 5.74) is 5.93. The average Bonchev–Trinajstić information content (AvgIpc) is 3.06. The molecule has 4 rings (SSSR count). The molecule has 2 nitrogen and oxygen atoms in total. The molecule has 0 spiro atoms. The number of hydrogen-bond donors (Lipinski definition) is 0. The van der Waals surface area contributed by atoms with Crippen LogP contribution in [-0.2, 0) is 13.1 Å². The predicted octanol–water partition coefficient (Wildman–Crippen LogP) is 5.61. The lowest BCUT2D eigenvalue weighted by Gasteiger charge is -2.17. The van der Waals surface area contributed by atoms with Gasteiger partial charge >= 0.3 is 0 Å². The lowest BCUT2D eigenvalue weighted by molar-refractivity contribution is 0.880. The highest BCUT2D eigenvalue weighted by Gasteiger charge is 2.18. The van der Waals surface area contributed by atoms with Crippen molar-refractivity contribution in [1.29, 1.82) is 0 Å². The van der Waals surface area contributed by atoms with Gasteiger partial charge in [0.2, 0.25) is 0 Å². The second kappa shape index (κ2) is 6.50. The Morgan fingerprint density at radius 1 is 0.792 bits per heavy atom. The fraction of sp³-hybridized carbons (Fsp3) is 0.0952. The van der Waals surface area contributed by atoms with Crippen LogP contribution in [0.25, 0.3) is 0 Å². The minimum Gasteiger partial charge on any atom is -0.363 e. The zero-order chi connectivity index (χ0) is 16.4. The minimum absolute atomic E-state index is 0.667. The smallest absolute Gasteiger partial charge is 0.0816 e. The van der Waals surface area contributed by atoms with E-state index < -0.39 is 0 Å². The third kappa shape index (κ3) is 3.06. The molecule has 1 aliphatic heterocycles. The molecule has 3 aromatic rings. The summed E-state index contributed by atoms with van der Waals surface area (Å²) in [5, 5.41) is 0.667. The standard InChI is InChI=1S/C21H17ClN2/c22-20-7-3-4-8-21(20)23-13-16-9-11-19(12-10-16)24-14-17-5-1-2-6-18(17)15-24/h1-13H,14-15H2. The Labute approximate surface area is 147 Å². The third-order valence-electron chi connectivity index (χ3n) is 4.30. The Morgan fingerprint density at radius 2 is 1.42 bits per heavy atom. The number of anilines is 1. The number of halogens is 1. The maximum atomic E-state index is 6.13. The van der Waals surface area contributed by atoms with Crippen LogP contribution in [0.1, 0.15) is 16.7 Å². The molecule has 0 amide bonds. The molecule has 0 aliphatic carbocycles. The van der Waals surface area contributed by atoms with Gasteiger partial charge in [-0.3, -0.25) is 4.99 Å². The normalized spacial score (nSPS) is 13.5. The molecule has 0 bridgehead atoms. The van der Waals surface area contributed by atoms with E-state index >= 15 is 0 Å². The van der Waals surface area contributed by atoms with Crippen LogP contribution in [0.3, 0.4) is 0 Å². The van der Waals surface area contributed by atoms with Crippen molar-refractivity contribution in [3.05, 3.63) is 94.5 Å². The number of benzene rings is 3. The van der Waals surface area contributed by atoms with Crippen molar-refractivity contribution in [3.8, 4) is 0 Å². The second-order valence-corrected chi connectivity index (χ2v) is 6.33. The summed E-state index contributed by atoms with van der Waals surface area (Å²) in [6, 6.07) is 24.7. The molecule has 1 heterocycles. The van der Waals surface area contributed by atoms with Crippen LogP contribution in [0.2, 0.25) is 5.02 Å².